The zero-order chi connectivity index (χ0) is 30.8. The first-order chi connectivity index (χ1) is 22.0. The molecule has 0 unspecified atom stereocenters. The Morgan fingerprint density at radius 3 is 2.64 bits per heavy atom. The van der Waals surface area contributed by atoms with Gasteiger partial charge in [-0.1, -0.05) is 29.8 Å². The van der Waals surface area contributed by atoms with Crippen molar-refractivity contribution in [2.75, 3.05) is 38.0 Å². The zero-order valence-electron chi connectivity index (χ0n) is 24.8. The maximum atomic E-state index is 13.5. The maximum Gasteiger partial charge on any atom is 0.242 e. The molecule has 2 aliphatic rings. The number of hydrogen-bond acceptors (Lipinski definition) is 6. The number of nitrogens with one attached hydrogen (secondary N) is 1. The highest BCUT2D eigenvalue weighted by Crippen LogP contribution is 2.33. The van der Waals surface area contributed by atoms with Gasteiger partial charge in [0.05, 0.1) is 10.5 Å². The van der Waals surface area contributed by atoms with Gasteiger partial charge in [0.25, 0.3) is 0 Å². The maximum absolute atomic E-state index is 13.5. The number of nitrogens with zero attached hydrogens (tertiary/aromatic N) is 5. The van der Waals surface area contributed by atoms with Crippen LogP contribution in [-0.4, -0.2) is 63.0 Å². The predicted octanol–water partition coefficient (Wildman–Crippen LogP) is 6.77. The van der Waals surface area contributed by atoms with Gasteiger partial charge in [0, 0.05) is 56.2 Å². The van der Waals surface area contributed by atoms with E-state index in [1.165, 1.54) is 37.8 Å². The van der Waals surface area contributed by atoms with Crippen LogP contribution in [0.15, 0.2) is 85.5 Å². The zero-order valence-corrected chi connectivity index (χ0v) is 25.6. The Morgan fingerprint density at radius 2 is 1.84 bits per heavy atom. The molecule has 0 radical (unpaired) electrons. The van der Waals surface area contributed by atoms with E-state index in [4.69, 9.17) is 16.3 Å². The summed E-state index contributed by atoms with van der Waals surface area (Å²) >= 11 is 6.53. The number of carbonyl (C=O) groups excluding carboxylic acids is 1. The van der Waals surface area contributed by atoms with Gasteiger partial charge in [0.2, 0.25) is 5.91 Å². The van der Waals surface area contributed by atoms with Crippen molar-refractivity contribution in [2.24, 2.45) is 5.92 Å². The quantitative estimate of drug-likeness (QED) is 0.185. The molecule has 10 heteroatoms. The van der Waals surface area contributed by atoms with Crippen molar-refractivity contribution in [3.05, 3.63) is 102 Å². The van der Waals surface area contributed by atoms with E-state index in [0.717, 1.165) is 65.4 Å². The summed E-state index contributed by atoms with van der Waals surface area (Å²) in [6.45, 7) is 5.26. The summed E-state index contributed by atoms with van der Waals surface area (Å²) in [5, 5.41) is 4.63. The molecule has 2 fully saturated rings. The second-order valence-corrected chi connectivity index (χ2v) is 12.2. The number of anilines is 2. The number of rotatable bonds is 10. The molecule has 1 saturated carbocycles. The first-order valence-electron chi connectivity index (χ1n) is 15.3. The van der Waals surface area contributed by atoms with Crippen molar-refractivity contribution in [2.45, 2.75) is 26.0 Å². The van der Waals surface area contributed by atoms with Gasteiger partial charge in [-0.25, -0.2) is 14.4 Å². The summed E-state index contributed by atoms with van der Waals surface area (Å²) in [6, 6.07) is 19.8. The van der Waals surface area contributed by atoms with Crippen LogP contribution in [0.2, 0.25) is 5.02 Å². The molecule has 0 spiro atoms. The molecule has 8 nitrogen and oxygen atoms in total. The molecule has 3 heterocycles. The van der Waals surface area contributed by atoms with Gasteiger partial charge < -0.3 is 19.5 Å². The van der Waals surface area contributed by atoms with Crippen molar-refractivity contribution in [1.29, 1.82) is 0 Å². The summed E-state index contributed by atoms with van der Waals surface area (Å²) in [6.07, 6.45) is 8.22. The van der Waals surface area contributed by atoms with Crippen LogP contribution in [0.25, 0.3) is 22.0 Å². The Morgan fingerprint density at radius 1 is 0.978 bits per heavy atom. The van der Waals surface area contributed by atoms with E-state index in [1.54, 1.807) is 24.3 Å². The van der Waals surface area contributed by atoms with Gasteiger partial charge in [-0.2, -0.15) is 0 Å². The first kappa shape index (κ1) is 29.3. The van der Waals surface area contributed by atoms with E-state index in [0.29, 0.717) is 23.1 Å². The third-order valence-electron chi connectivity index (χ3n) is 8.45. The summed E-state index contributed by atoms with van der Waals surface area (Å²) < 4.78 is 21.3. The molecule has 230 valence electrons. The number of aromatic nitrogens is 3. The van der Waals surface area contributed by atoms with Gasteiger partial charge in [-0.05, 0) is 84.0 Å². The smallest absolute Gasteiger partial charge is 0.242 e. The second kappa shape index (κ2) is 12.9. The molecule has 1 saturated heterocycles. The summed E-state index contributed by atoms with van der Waals surface area (Å²) in [5.41, 5.74) is 4.27. The van der Waals surface area contributed by atoms with E-state index < -0.39 is 0 Å². The average Bonchev–Trinajstić information content (AvgIpc) is 3.74. The fourth-order valence-corrected chi connectivity index (χ4v) is 6.00. The Kier molecular flexibility index (Phi) is 8.37. The van der Waals surface area contributed by atoms with E-state index in [1.807, 2.05) is 46.1 Å². The van der Waals surface area contributed by atoms with E-state index in [-0.39, 0.29) is 18.3 Å². The number of benzene rings is 3. The van der Waals surface area contributed by atoms with E-state index in [2.05, 4.69) is 26.3 Å². The molecule has 0 atom stereocenters. The topological polar surface area (TPSA) is 75.5 Å². The second-order valence-electron chi connectivity index (χ2n) is 11.8. The normalized spacial score (nSPS) is 15.4. The van der Waals surface area contributed by atoms with Gasteiger partial charge in [0.15, 0.2) is 0 Å². The Hall–Kier alpha value is -4.47. The summed E-state index contributed by atoms with van der Waals surface area (Å²) in [5.74, 6) is 1.87. The van der Waals surface area contributed by atoms with Crippen molar-refractivity contribution in [3.8, 4) is 16.9 Å². The molecule has 1 N–H and O–H groups in total. The minimum atomic E-state index is -0.307. The van der Waals surface area contributed by atoms with Crippen LogP contribution in [0, 0.1) is 11.7 Å². The Balaban J connectivity index is 1.01. The highest BCUT2D eigenvalue weighted by atomic mass is 35.5. The van der Waals surface area contributed by atoms with Gasteiger partial charge in [-0.3, -0.25) is 9.69 Å². The molecule has 7 rings (SSSR count). The molecule has 1 aliphatic heterocycles. The van der Waals surface area contributed by atoms with Crippen LogP contribution < -0.4 is 10.1 Å². The third kappa shape index (κ3) is 7.10. The largest absolute Gasteiger partial charge is 0.487 e. The molecule has 2 aromatic heterocycles. The lowest BCUT2D eigenvalue weighted by molar-refractivity contribution is -0.133. The average molecular weight is 625 g/mol. The molecule has 45 heavy (non-hydrogen) atoms. The summed E-state index contributed by atoms with van der Waals surface area (Å²) in [7, 11) is 0. The molecule has 5 aromatic rings. The Labute approximate surface area is 266 Å². The fourth-order valence-electron chi connectivity index (χ4n) is 5.77. The highest BCUT2D eigenvalue weighted by Gasteiger charge is 2.27. The van der Waals surface area contributed by atoms with Crippen LogP contribution >= 0.6 is 11.6 Å². The summed E-state index contributed by atoms with van der Waals surface area (Å²) in [4.78, 5) is 26.5. The first-order valence-corrected chi connectivity index (χ1v) is 15.7. The van der Waals surface area contributed by atoms with Crippen LogP contribution in [0.5, 0.6) is 5.75 Å². The third-order valence-corrected chi connectivity index (χ3v) is 8.75. The van der Waals surface area contributed by atoms with Crippen molar-refractivity contribution >= 4 is 39.9 Å². The molecule has 0 bridgehead atoms. The lowest BCUT2D eigenvalue weighted by atomic mass is 10.1. The van der Waals surface area contributed by atoms with Gasteiger partial charge in [0.1, 0.15) is 36.9 Å². The SMILES string of the molecule is O=C(Cn1ccc(-c2ccc3ncnc(Nc4ccc(OCc5cccc(F)c5)c(Cl)c4)c3c2)c1)N1CCN(CC2CC2)CC1. The minimum Gasteiger partial charge on any atom is -0.487 e. The lowest BCUT2D eigenvalue weighted by Gasteiger charge is -2.34. The molecular formula is C35H34ClFN6O2. The monoisotopic (exact) mass is 624 g/mol. The van der Waals surface area contributed by atoms with Gasteiger partial charge >= 0.3 is 0 Å². The molecular weight excluding hydrogens is 591 g/mol. The molecule has 3 aromatic carbocycles. The standard InChI is InChI=1S/C35H34ClFN6O2/c36-31-18-29(7-9-33(31)45-22-25-2-1-3-28(37)16-25)40-35-30-17-26(6-8-32(30)38-23-39-35)27-10-11-42(20-27)21-34(44)43-14-12-41(13-15-43)19-24-4-5-24/h1-3,6-11,16-18,20,23-24H,4-5,12-15,19,21-22H2,(H,38,39,40). The number of halogens is 2. The number of amides is 1. The minimum absolute atomic E-state index is 0.158. The van der Waals surface area contributed by atoms with E-state index in [9.17, 15) is 9.18 Å². The number of carbonyl (C=O) groups is 1. The fraction of sp³-hybridized carbons (Fsp3) is 0.286. The molecule has 1 amide bonds. The number of fused-ring (bicyclic) bond motifs is 1. The highest BCUT2D eigenvalue weighted by molar-refractivity contribution is 6.32. The lowest BCUT2D eigenvalue weighted by Crippen LogP contribution is -2.49. The van der Waals surface area contributed by atoms with Crippen LogP contribution in [-0.2, 0) is 17.9 Å². The van der Waals surface area contributed by atoms with Crippen molar-refractivity contribution < 1.29 is 13.9 Å². The predicted molar refractivity (Wildman–Crippen MR) is 174 cm³/mol. The molecule has 1 aliphatic carbocycles. The van der Waals surface area contributed by atoms with Crippen LogP contribution in [0.1, 0.15) is 18.4 Å². The number of ether oxygens (including phenoxy) is 1. The van der Waals surface area contributed by atoms with Gasteiger partial charge in [-0.15, -0.1) is 0 Å². The van der Waals surface area contributed by atoms with Crippen molar-refractivity contribution in [3.63, 3.8) is 0 Å². The van der Waals surface area contributed by atoms with Crippen LogP contribution in [0.4, 0.5) is 15.9 Å². The van der Waals surface area contributed by atoms with Crippen LogP contribution in [0.3, 0.4) is 0 Å². The van der Waals surface area contributed by atoms with Crippen molar-refractivity contribution in [1.82, 2.24) is 24.3 Å². The van der Waals surface area contributed by atoms with E-state index >= 15 is 0 Å². The number of piperazine rings is 1. The Bertz CT molecular complexity index is 1830. The number of hydrogen-bond donors (Lipinski definition) is 1.